The first kappa shape index (κ1) is 11.5. The van der Waals surface area contributed by atoms with Crippen LogP contribution in [0.5, 0.6) is 0 Å². The van der Waals surface area contributed by atoms with Crippen LogP contribution in [0.2, 0.25) is 0 Å². The van der Waals surface area contributed by atoms with Gasteiger partial charge in [0.1, 0.15) is 0 Å². The molecule has 4 fully saturated rings. The maximum absolute atomic E-state index is 9.73. The molecule has 5 aliphatic rings. The minimum absolute atomic E-state index is 0.262. The van der Waals surface area contributed by atoms with Crippen LogP contribution >= 0.6 is 0 Å². The van der Waals surface area contributed by atoms with Crippen molar-refractivity contribution >= 4 is 0 Å². The maximum Gasteiger partial charge on any atom is 0.0721 e. The standard InChI is InChI=1S/C18H20O2/c19-7-13-14(9-20-8-10-4-2-1-3-5-10)16-11-6-12-17(15(11)13)18(12)16/h1-5,11-12,15-19H,6-9H2. The van der Waals surface area contributed by atoms with Gasteiger partial charge in [-0.25, -0.2) is 0 Å². The lowest BCUT2D eigenvalue weighted by atomic mass is 9.93. The molecule has 1 aromatic rings. The third kappa shape index (κ3) is 1.32. The fraction of sp³-hybridized carbons (Fsp3) is 0.556. The summed E-state index contributed by atoms with van der Waals surface area (Å²) in [5, 5.41) is 9.73. The molecule has 0 heterocycles. The van der Waals surface area contributed by atoms with Crippen LogP contribution in [0, 0.1) is 35.5 Å². The van der Waals surface area contributed by atoms with Crippen LogP contribution in [0.15, 0.2) is 41.5 Å². The molecule has 0 spiro atoms. The van der Waals surface area contributed by atoms with Gasteiger partial charge in [0.25, 0.3) is 0 Å². The lowest BCUT2D eigenvalue weighted by Crippen LogP contribution is -2.13. The van der Waals surface area contributed by atoms with E-state index in [1.807, 2.05) is 6.07 Å². The summed E-state index contributed by atoms with van der Waals surface area (Å²) < 4.78 is 5.95. The number of benzene rings is 1. The molecule has 0 aromatic heterocycles. The SMILES string of the molecule is OCC1=C(COCc2ccccc2)C2C3CC4C(C13)C42. The van der Waals surface area contributed by atoms with Crippen molar-refractivity contribution in [2.24, 2.45) is 35.5 Å². The predicted octanol–water partition coefficient (Wildman–Crippen LogP) is 2.63. The summed E-state index contributed by atoms with van der Waals surface area (Å²) in [6.45, 7) is 1.68. The number of hydrogen-bond donors (Lipinski definition) is 1. The van der Waals surface area contributed by atoms with E-state index < -0.39 is 0 Å². The molecule has 6 bridgehead atoms. The highest BCUT2D eigenvalue weighted by atomic mass is 16.5. The summed E-state index contributed by atoms with van der Waals surface area (Å²) in [5.74, 6) is 5.29. The summed E-state index contributed by atoms with van der Waals surface area (Å²) >= 11 is 0. The van der Waals surface area contributed by atoms with Gasteiger partial charge in [-0.3, -0.25) is 0 Å². The van der Waals surface area contributed by atoms with Crippen LogP contribution in [0.4, 0.5) is 0 Å². The number of aliphatic hydroxyl groups excluding tert-OH is 1. The Labute approximate surface area is 119 Å². The molecule has 20 heavy (non-hydrogen) atoms. The largest absolute Gasteiger partial charge is 0.392 e. The van der Waals surface area contributed by atoms with E-state index in [4.69, 9.17) is 4.74 Å². The van der Waals surface area contributed by atoms with Crippen molar-refractivity contribution in [3.8, 4) is 0 Å². The van der Waals surface area contributed by atoms with Gasteiger partial charge in [-0.1, -0.05) is 30.3 Å². The van der Waals surface area contributed by atoms with E-state index in [0.717, 1.165) is 42.1 Å². The van der Waals surface area contributed by atoms with E-state index in [1.54, 1.807) is 0 Å². The van der Waals surface area contributed by atoms with Crippen molar-refractivity contribution in [3.63, 3.8) is 0 Å². The van der Waals surface area contributed by atoms with E-state index >= 15 is 0 Å². The molecule has 6 unspecified atom stereocenters. The number of hydrogen-bond acceptors (Lipinski definition) is 2. The molecule has 5 aliphatic carbocycles. The molecule has 0 aliphatic heterocycles. The van der Waals surface area contributed by atoms with E-state index in [0.29, 0.717) is 6.61 Å². The smallest absolute Gasteiger partial charge is 0.0721 e. The predicted molar refractivity (Wildman–Crippen MR) is 75.8 cm³/mol. The van der Waals surface area contributed by atoms with Crippen LogP contribution in [0.25, 0.3) is 0 Å². The minimum atomic E-state index is 0.262. The van der Waals surface area contributed by atoms with E-state index in [-0.39, 0.29) is 6.61 Å². The van der Waals surface area contributed by atoms with Crippen molar-refractivity contribution in [2.45, 2.75) is 13.0 Å². The van der Waals surface area contributed by atoms with Gasteiger partial charge >= 0.3 is 0 Å². The summed E-state index contributed by atoms with van der Waals surface area (Å²) in [6.07, 6.45) is 1.43. The fourth-order valence-corrected chi connectivity index (χ4v) is 5.81. The van der Waals surface area contributed by atoms with Gasteiger partial charge in [0, 0.05) is 0 Å². The first-order valence-electron chi connectivity index (χ1n) is 7.84. The average molecular weight is 268 g/mol. The Bertz CT molecular complexity index is 576. The monoisotopic (exact) mass is 268 g/mol. The molecule has 0 saturated heterocycles. The molecule has 6 rings (SSSR count). The first-order chi connectivity index (χ1) is 9.90. The van der Waals surface area contributed by atoms with Gasteiger partial charge in [0.05, 0.1) is 19.8 Å². The molecule has 1 aromatic carbocycles. The molecule has 1 N–H and O–H groups in total. The summed E-state index contributed by atoms with van der Waals surface area (Å²) in [6, 6.07) is 10.4. The highest BCUT2D eigenvalue weighted by Gasteiger charge is 2.77. The summed E-state index contributed by atoms with van der Waals surface area (Å²) in [5.41, 5.74) is 4.06. The van der Waals surface area contributed by atoms with Crippen LogP contribution in [0.3, 0.4) is 0 Å². The van der Waals surface area contributed by atoms with Gasteiger partial charge < -0.3 is 9.84 Å². The second-order valence-electron chi connectivity index (χ2n) is 6.96. The Kier molecular flexibility index (Phi) is 2.28. The van der Waals surface area contributed by atoms with Gasteiger partial charge in [-0.2, -0.15) is 0 Å². The Morgan fingerprint density at radius 1 is 0.950 bits per heavy atom. The van der Waals surface area contributed by atoms with E-state index in [1.165, 1.54) is 23.1 Å². The van der Waals surface area contributed by atoms with Gasteiger partial charge in [0.2, 0.25) is 0 Å². The fourth-order valence-electron chi connectivity index (χ4n) is 5.81. The molecule has 0 amide bonds. The average Bonchev–Trinajstić information content (AvgIpc) is 2.85. The second-order valence-corrected chi connectivity index (χ2v) is 6.96. The van der Waals surface area contributed by atoms with Crippen molar-refractivity contribution in [1.29, 1.82) is 0 Å². The van der Waals surface area contributed by atoms with Crippen molar-refractivity contribution in [3.05, 3.63) is 47.0 Å². The van der Waals surface area contributed by atoms with Crippen LogP contribution in [-0.4, -0.2) is 18.3 Å². The number of rotatable bonds is 5. The van der Waals surface area contributed by atoms with Crippen LogP contribution in [-0.2, 0) is 11.3 Å². The Morgan fingerprint density at radius 3 is 2.40 bits per heavy atom. The zero-order chi connectivity index (χ0) is 13.3. The first-order valence-corrected chi connectivity index (χ1v) is 7.84. The molecule has 104 valence electrons. The number of ether oxygens (including phenoxy) is 1. The van der Waals surface area contributed by atoms with E-state index in [9.17, 15) is 5.11 Å². The molecule has 0 radical (unpaired) electrons. The van der Waals surface area contributed by atoms with Crippen LogP contribution in [0.1, 0.15) is 12.0 Å². The van der Waals surface area contributed by atoms with Crippen molar-refractivity contribution < 1.29 is 9.84 Å². The minimum Gasteiger partial charge on any atom is -0.392 e. The summed E-state index contributed by atoms with van der Waals surface area (Å²) in [7, 11) is 0. The Balaban J connectivity index is 1.31. The van der Waals surface area contributed by atoms with E-state index in [2.05, 4.69) is 24.3 Å². The third-order valence-electron chi connectivity index (χ3n) is 6.35. The van der Waals surface area contributed by atoms with Gasteiger partial charge in [-0.15, -0.1) is 0 Å². The molecule has 2 nitrogen and oxygen atoms in total. The maximum atomic E-state index is 9.73. The van der Waals surface area contributed by atoms with Crippen molar-refractivity contribution in [1.82, 2.24) is 0 Å². The van der Waals surface area contributed by atoms with Gasteiger partial charge in [-0.05, 0) is 58.6 Å². The van der Waals surface area contributed by atoms with Crippen LogP contribution < -0.4 is 0 Å². The lowest BCUT2D eigenvalue weighted by molar-refractivity contribution is 0.134. The zero-order valence-electron chi connectivity index (χ0n) is 11.5. The molecular weight excluding hydrogens is 248 g/mol. The summed E-state index contributed by atoms with van der Waals surface area (Å²) in [4.78, 5) is 0. The Hall–Kier alpha value is -1.12. The highest BCUT2D eigenvalue weighted by molar-refractivity contribution is 5.44. The topological polar surface area (TPSA) is 29.5 Å². The molecule has 4 saturated carbocycles. The zero-order valence-corrected chi connectivity index (χ0v) is 11.5. The lowest BCUT2D eigenvalue weighted by Gasteiger charge is -2.18. The number of aliphatic hydroxyl groups is 1. The molecule has 2 heteroatoms. The third-order valence-corrected chi connectivity index (χ3v) is 6.35. The molecular formula is C18H20O2. The Morgan fingerprint density at radius 2 is 1.70 bits per heavy atom. The molecule has 6 atom stereocenters. The quantitative estimate of drug-likeness (QED) is 0.832. The second kappa shape index (κ2) is 3.96. The highest BCUT2D eigenvalue weighted by Crippen LogP contribution is 2.81. The van der Waals surface area contributed by atoms with Gasteiger partial charge in [0.15, 0.2) is 0 Å². The normalized spacial score (nSPS) is 42.6. The van der Waals surface area contributed by atoms with Crippen molar-refractivity contribution in [2.75, 3.05) is 13.2 Å².